The Morgan fingerprint density at radius 2 is 0.762 bits per heavy atom. The first-order chi connectivity index (χ1) is 50.4. The summed E-state index contributed by atoms with van der Waals surface area (Å²) < 4.78 is 119. The number of alkyl halides is 5. The molecule has 0 radical (unpaired) electrons. The van der Waals surface area contributed by atoms with Crippen LogP contribution in [0, 0.1) is 38.2 Å². The van der Waals surface area contributed by atoms with Crippen molar-refractivity contribution in [2.45, 2.75) is 133 Å². The number of hydrogen-bond acceptors (Lipinski definition) is 15. The quantitative estimate of drug-likeness (QED) is 0.0390. The van der Waals surface area contributed by atoms with Crippen molar-refractivity contribution in [1.29, 1.82) is 0 Å². The van der Waals surface area contributed by atoms with Crippen LogP contribution < -0.4 is 31.9 Å². The number of anilines is 3. The van der Waals surface area contributed by atoms with Crippen molar-refractivity contribution in [3.05, 3.63) is 180 Å². The van der Waals surface area contributed by atoms with Crippen molar-refractivity contribution in [2.75, 3.05) is 82.5 Å². The monoisotopic (exact) mass is 1450 g/mol. The molecule has 2 atom stereocenters. The van der Waals surface area contributed by atoms with Gasteiger partial charge in [0.2, 0.25) is 0 Å². The van der Waals surface area contributed by atoms with Gasteiger partial charge in [-0.1, -0.05) is 0 Å². The molecule has 552 valence electrons. The number of aromatic nitrogens is 9. The molecule has 29 heteroatoms. The van der Waals surface area contributed by atoms with E-state index < -0.39 is 53.2 Å². The van der Waals surface area contributed by atoms with Gasteiger partial charge < -0.3 is 46.6 Å². The van der Waals surface area contributed by atoms with Gasteiger partial charge in [-0.15, -0.1) is 0 Å². The molecule has 9 aromatic rings. The predicted molar refractivity (Wildman–Crippen MR) is 384 cm³/mol. The zero-order valence-electron chi connectivity index (χ0n) is 58.9. The van der Waals surface area contributed by atoms with Crippen LogP contribution in [-0.4, -0.2) is 191 Å². The number of piperidine rings is 3. The molecule has 3 aliphatic heterocycles. The second kappa shape index (κ2) is 31.3. The third-order valence-corrected chi connectivity index (χ3v) is 19.7. The third-order valence-electron chi connectivity index (χ3n) is 19.7. The average molecular weight is 1450 g/mol. The van der Waals surface area contributed by atoms with Gasteiger partial charge in [-0.3, -0.25) is 29.3 Å². The highest BCUT2D eigenvalue weighted by molar-refractivity contribution is 5.98. The number of rotatable bonds is 20. The highest BCUT2D eigenvalue weighted by Crippen LogP contribution is 2.36. The van der Waals surface area contributed by atoms with Gasteiger partial charge in [-0.25, -0.2) is 49.2 Å². The standard InChI is InChI=1S/C26H30F2N6O.2C25H27F3N6O/c1-17-10-25(28)24(26(35)32-19-2-3-19)12-23(17)18-13-30-34(16-18)22-11-21(14-29-15-22)31-20-4-7-33(8-5-20)9-6-27;2*1-15-7-22(26)21(24(35)32-17-3-4-17)9-20(15)16-10-30-34(13-16)19-8-18(11-29-12-19)31-23-5-6-33(2)14-25(23,27)28/h10-16,19-20,31H,2-9H2,1H3,(H,32,35);2*7-13,17,23,31H,3-6,14H2,1-2H3,(H,32,35)/t;2*23-/m.10/s1. The summed E-state index contributed by atoms with van der Waals surface area (Å²) in [4.78, 5) is 55.5. The van der Waals surface area contributed by atoms with Crippen LogP contribution in [-0.2, 0) is 0 Å². The van der Waals surface area contributed by atoms with Crippen LogP contribution >= 0.6 is 0 Å². The molecule has 15 rings (SSSR count). The van der Waals surface area contributed by atoms with Crippen LogP contribution in [0.25, 0.3) is 50.4 Å². The minimum atomic E-state index is -2.86. The normalized spacial score (nSPS) is 18.9. The van der Waals surface area contributed by atoms with Crippen molar-refractivity contribution < 1.29 is 49.5 Å². The zero-order valence-corrected chi connectivity index (χ0v) is 58.9. The lowest BCUT2D eigenvalue weighted by Gasteiger charge is -2.37. The molecule has 0 bridgehead atoms. The second-order valence-electron chi connectivity index (χ2n) is 28.4. The van der Waals surface area contributed by atoms with Gasteiger partial charge in [0.25, 0.3) is 29.6 Å². The van der Waals surface area contributed by atoms with Crippen LogP contribution in [0.15, 0.2) is 129 Å². The Morgan fingerprint density at radius 1 is 0.429 bits per heavy atom. The Hall–Kier alpha value is -10.1. The second-order valence-corrected chi connectivity index (χ2v) is 28.4. The molecule has 3 saturated heterocycles. The summed E-state index contributed by atoms with van der Waals surface area (Å²) in [7, 11) is 3.37. The van der Waals surface area contributed by atoms with E-state index in [9.17, 15) is 49.5 Å². The number of benzene rings is 3. The summed E-state index contributed by atoms with van der Waals surface area (Å²) in [5.74, 6) is -8.58. The molecule has 3 saturated carbocycles. The largest absolute Gasteiger partial charge is 0.381 e. The summed E-state index contributed by atoms with van der Waals surface area (Å²) in [5, 5.41) is 31.1. The predicted octanol–water partition coefficient (Wildman–Crippen LogP) is 12.2. The fraction of sp³-hybridized carbons (Fsp3) is 0.408. The molecule has 6 fully saturated rings. The fourth-order valence-corrected chi connectivity index (χ4v) is 13.3. The Balaban J connectivity index is 0.000000140. The maximum atomic E-state index is 14.5. The smallest absolute Gasteiger partial charge is 0.280 e. The number of nitrogens with zero attached hydrogens (tertiary/aromatic N) is 12. The highest BCUT2D eigenvalue weighted by atomic mass is 19.3. The number of likely N-dealkylation sites (tertiary alicyclic amines) is 3. The molecule has 3 aliphatic carbocycles. The van der Waals surface area contributed by atoms with Crippen molar-refractivity contribution >= 4 is 34.8 Å². The maximum absolute atomic E-state index is 14.5. The summed E-state index contributed by atoms with van der Waals surface area (Å²) in [6.07, 6.45) is 28.1. The molecule has 6 aliphatic rings. The Kier molecular flexibility index (Phi) is 21.8. The van der Waals surface area contributed by atoms with Crippen molar-refractivity contribution in [3.63, 3.8) is 0 Å². The average Bonchev–Trinajstić information content (AvgIpc) is 1.66. The fourth-order valence-electron chi connectivity index (χ4n) is 13.3. The van der Waals surface area contributed by atoms with Gasteiger partial charge in [0, 0.05) is 92.2 Å². The van der Waals surface area contributed by atoms with Gasteiger partial charge in [-0.05, 0) is 187 Å². The van der Waals surface area contributed by atoms with E-state index >= 15 is 0 Å². The van der Waals surface area contributed by atoms with E-state index in [1.54, 1.807) is 138 Å². The number of carbonyl (C=O) groups excluding carboxylic acids is 3. The number of amides is 3. The molecule has 6 N–H and O–H groups in total. The minimum absolute atomic E-state index is 0.00262. The summed E-state index contributed by atoms with van der Waals surface area (Å²) >= 11 is 0. The number of aryl methyl sites for hydroxylation is 3. The molecule has 3 aromatic carbocycles. The van der Waals surface area contributed by atoms with Gasteiger partial charge >= 0.3 is 0 Å². The Morgan fingerprint density at radius 3 is 1.08 bits per heavy atom. The van der Waals surface area contributed by atoms with Crippen LogP contribution in [0.2, 0.25) is 0 Å². The van der Waals surface area contributed by atoms with E-state index in [-0.39, 0.29) is 60.5 Å². The molecule has 3 amide bonds. The van der Waals surface area contributed by atoms with Gasteiger partial charge in [0.1, 0.15) is 24.1 Å². The van der Waals surface area contributed by atoms with Gasteiger partial charge in [0.15, 0.2) is 0 Å². The van der Waals surface area contributed by atoms with Crippen LogP contribution in [0.4, 0.5) is 52.2 Å². The minimum Gasteiger partial charge on any atom is -0.381 e. The third kappa shape index (κ3) is 18.2. The van der Waals surface area contributed by atoms with Crippen LogP contribution in [0.3, 0.4) is 0 Å². The van der Waals surface area contributed by atoms with E-state index in [1.165, 1.54) is 30.6 Å². The molecule has 21 nitrogen and oxygen atoms in total. The van der Waals surface area contributed by atoms with Crippen LogP contribution in [0.1, 0.15) is 112 Å². The number of carbonyl (C=O) groups is 3. The number of pyridine rings is 3. The first-order valence-corrected chi connectivity index (χ1v) is 35.4. The molecule has 105 heavy (non-hydrogen) atoms. The zero-order chi connectivity index (χ0) is 73.8. The van der Waals surface area contributed by atoms with E-state index in [0.717, 1.165) is 92.5 Å². The lowest BCUT2D eigenvalue weighted by Crippen LogP contribution is -2.53. The summed E-state index contributed by atoms with van der Waals surface area (Å²) in [6, 6.07) is 13.0. The molecule has 6 aromatic heterocycles. The lowest BCUT2D eigenvalue weighted by atomic mass is 9.99. The summed E-state index contributed by atoms with van der Waals surface area (Å²) in [6.45, 7) is 7.91. The maximum Gasteiger partial charge on any atom is 0.280 e. The highest BCUT2D eigenvalue weighted by Gasteiger charge is 2.45. The first kappa shape index (κ1) is 73.2. The van der Waals surface area contributed by atoms with Crippen molar-refractivity contribution in [2.24, 2.45) is 0 Å². The first-order valence-electron chi connectivity index (χ1n) is 35.4. The molecular formula is C76H84F8N18O3. The Labute approximate surface area is 602 Å². The molecule has 0 spiro atoms. The van der Waals surface area contributed by atoms with E-state index in [0.29, 0.717) is 94.6 Å². The van der Waals surface area contributed by atoms with E-state index in [2.05, 4.69) is 67.0 Å². The van der Waals surface area contributed by atoms with Crippen molar-refractivity contribution in [3.8, 4) is 50.4 Å². The number of hydrogen-bond donors (Lipinski definition) is 6. The van der Waals surface area contributed by atoms with Gasteiger partial charge in [0.05, 0.1) is 132 Å². The van der Waals surface area contributed by atoms with Gasteiger partial charge in [-0.2, -0.15) is 15.3 Å². The molecule has 0 unspecified atom stereocenters. The SMILES string of the molecule is Cc1cc(F)c(C(=O)NC2CC2)cc1-c1cnn(-c2cncc(NC3CCN(CCF)CC3)c2)c1.Cc1cc(F)c(C(=O)NC2CC2)cc1-c1cnn(-c2cncc(N[C@@H]3CCN(C)CC3(F)F)c2)c1.Cc1cc(F)c(C(=O)NC2CC2)cc1-c1cnn(-c2cncc(N[C@H]3CCN(C)CC3(F)F)c2)c1. The number of nitrogens with one attached hydrogen (secondary N) is 6. The van der Waals surface area contributed by atoms with E-state index in [1.807, 2.05) is 19.2 Å². The topological polar surface area (TPSA) is 225 Å². The molecule has 9 heterocycles. The summed E-state index contributed by atoms with van der Waals surface area (Å²) in [5.41, 5.74) is 10.3. The van der Waals surface area contributed by atoms with E-state index in [4.69, 9.17) is 0 Å². The lowest BCUT2D eigenvalue weighted by molar-refractivity contribution is -0.0677. The van der Waals surface area contributed by atoms with Crippen LogP contribution in [0.5, 0.6) is 0 Å². The molecular weight excluding hydrogens is 1360 g/mol. The number of halogens is 8. The van der Waals surface area contributed by atoms with Crippen molar-refractivity contribution in [1.82, 2.24) is 74.9 Å². The Bertz CT molecular complexity index is 4430.